The summed E-state index contributed by atoms with van der Waals surface area (Å²) in [5.74, 6) is -3.84. The standard InChI is InChI=1S/C13H24N4O7S/c1-5(18)9(12(22)17-10(6(2)19)13(23)24)16-8(20)3-15-11(21)7(14)4-25/h5-7,9-10,18-19,25H,3-4,14H2,1-2H3,(H,15,21)(H,16,20)(H,17,22)(H,23,24). The second-order valence-electron chi connectivity index (χ2n) is 5.36. The Labute approximate surface area is 149 Å². The highest BCUT2D eigenvalue weighted by atomic mass is 32.1. The Morgan fingerprint density at radius 2 is 1.52 bits per heavy atom. The predicted molar refractivity (Wildman–Crippen MR) is 89.7 cm³/mol. The van der Waals surface area contributed by atoms with Crippen LogP contribution in [0.5, 0.6) is 0 Å². The Morgan fingerprint density at radius 3 is 1.92 bits per heavy atom. The van der Waals surface area contributed by atoms with Gasteiger partial charge in [-0.15, -0.1) is 0 Å². The van der Waals surface area contributed by atoms with E-state index in [0.717, 1.165) is 6.92 Å². The van der Waals surface area contributed by atoms with Crippen LogP contribution in [0.2, 0.25) is 0 Å². The van der Waals surface area contributed by atoms with Gasteiger partial charge in [-0.2, -0.15) is 12.6 Å². The number of rotatable bonds is 10. The smallest absolute Gasteiger partial charge is 0.328 e. The second-order valence-corrected chi connectivity index (χ2v) is 5.72. The second kappa shape index (κ2) is 10.9. The predicted octanol–water partition coefficient (Wildman–Crippen LogP) is -3.82. The van der Waals surface area contributed by atoms with Crippen molar-refractivity contribution in [2.45, 2.75) is 44.2 Å². The number of hydrogen-bond acceptors (Lipinski definition) is 8. The lowest BCUT2D eigenvalue weighted by molar-refractivity contribution is -0.145. The van der Waals surface area contributed by atoms with E-state index in [4.69, 9.17) is 10.8 Å². The number of nitrogens with one attached hydrogen (secondary N) is 3. The van der Waals surface area contributed by atoms with E-state index >= 15 is 0 Å². The summed E-state index contributed by atoms with van der Waals surface area (Å²) in [5.41, 5.74) is 5.41. The topological polar surface area (TPSA) is 191 Å². The fourth-order valence-corrected chi connectivity index (χ4v) is 1.81. The molecule has 8 N–H and O–H groups in total. The van der Waals surface area contributed by atoms with Crippen LogP contribution in [0, 0.1) is 0 Å². The van der Waals surface area contributed by atoms with Crippen LogP contribution < -0.4 is 21.7 Å². The van der Waals surface area contributed by atoms with Crippen LogP contribution in [0.1, 0.15) is 13.8 Å². The van der Waals surface area contributed by atoms with Crippen molar-refractivity contribution in [1.29, 1.82) is 0 Å². The van der Waals surface area contributed by atoms with Gasteiger partial charge in [-0.25, -0.2) is 4.79 Å². The molecule has 5 unspecified atom stereocenters. The maximum absolute atomic E-state index is 12.1. The number of aliphatic hydroxyl groups excluding tert-OH is 2. The summed E-state index contributed by atoms with van der Waals surface area (Å²) in [6.45, 7) is 1.86. The molecule has 0 fully saturated rings. The number of amides is 3. The van der Waals surface area contributed by atoms with E-state index in [0.29, 0.717) is 0 Å². The zero-order chi connectivity index (χ0) is 19.7. The molecule has 0 heterocycles. The lowest BCUT2D eigenvalue weighted by atomic mass is 10.1. The molecule has 0 aromatic rings. The lowest BCUT2D eigenvalue weighted by Gasteiger charge is -2.24. The van der Waals surface area contributed by atoms with Crippen LogP contribution in [0.3, 0.4) is 0 Å². The van der Waals surface area contributed by atoms with Crippen LogP contribution in [0.15, 0.2) is 0 Å². The average Bonchev–Trinajstić information content (AvgIpc) is 2.53. The molecule has 11 nitrogen and oxygen atoms in total. The summed E-state index contributed by atoms with van der Waals surface area (Å²) < 4.78 is 0. The van der Waals surface area contributed by atoms with Crippen LogP contribution in [-0.2, 0) is 19.2 Å². The molecule has 0 aliphatic rings. The molecule has 0 aliphatic heterocycles. The third-order valence-electron chi connectivity index (χ3n) is 3.08. The highest BCUT2D eigenvalue weighted by Gasteiger charge is 2.31. The molecule has 0 saturated heterocycles. The van der Waals surface area contributed by atoms with Crippen molar-refractivity contribution < 1.29 is 34.5 Å². The van der Waals surface area contributed by atoms with Gasteiger partial charge in [0, 0.05) is 5.75 Å². The third-order valence-corrected chi connectivity index (χ3v) is 3.48. The van der Waals surface area contributed by atoms with E-state index in [1.807, 2.05) is 5.32 Å². The van der Waals surface area contributed by atoms with Gasteiger partial charge in [-0.1, -0.05) is 0 Å². The number of nitrogens with two attached hydrogens (primary N) is 1. The van der Waals surface area contributed by atoms with Crippen molar-refractivity contribution in [2.75, 3.05) is 12.3 Å². The largest absolute Gasteiger partial charge is 0.480 e. The van der Waals surface area contributed by atoms with E-state index in [2.05, 4.69) is 23.3 Å². The monoisotopic (exact) mass is 380 g/mol. The van der Waals surface area contributed by atoms with Gasteiger partial charge < -0.3 is 37.0 Å². The zero-order valence-corrected chi connectivity index (χ0v) is 14.7. The summed E-state index contributed by atoms with van der Waals surface area (Å²) >= 11 is 3.83. The van der Waals surface area contributed by atoms with Gasteiger partial charge in [-0.05, 0) is 13.8 Å². The Balaban J connectivity index is 4.79. The Hall–Kier alpha value is -1.89. The van der Waals surface area contributed by atoms with Crippen molar-refractivity contribution in [3.8, 4) is 0 Å². The zero-order valence-electron chi connectivity index (χ0n) is 13.8. The Bertz CT molecular complexity index is 501. The molecule has 0 aliphatic carbocycles. The minimum Gasteiger partial charge on any atom is -0.480 e. The number of carboxylic acids is 1. The first-order chi connectivity index (χ1) is 11.5. The molecule has 25 heavy (non-hydrogen) atoms. The summed E-state index contributed by atoms with van der Waals surface area (Å²) in [6.07, 6.45) is -2.75. The third kappa shape index (κ3) is 8.16. The number of thiol groups is 1. The number of carbonyl (C=O) groups is 4. The molecule has 0 aromatic heterocycles. The molecule has 0 saturated carbocycles. The van der Waals surface area contributed by atoms with Crippen molar-refractivity contribution in [1.82, 2.24) is 16.0 Å². The molecule has 12 heteroatoms. The highest BCUT2D eigenvalue weighted by molar-refractivity contribution is 7.80. The lowest BCUT2D eigenvalue weighted by Crippen LogP contribution is -2.59. The van der Waals surface area contributed by atoms with E-state index < -0.39 is 60.6 Å². The van der Waals surface area contributed by atoms with Crippen molar-refractivity contribution in [2.24, 2.45) is 5.73 Å². The van der Waals surface area contributed by atoms with Gasteiger partial charge in [0.25, 0.3) is 0 Å². The van der Waals surface area contributed by atoms with E-state index in [9.17, 15) is 29.4 Å². The van der Waals surface area contributed by atoms with Crippen LogP contribution in [-0.4, -0.2) is 81.6 Å². The number of aliphatic hydroxyl groups is 2. The van der Waals surface area contributed by atoms with Crippen molar-refractivity contribution >= 4 is 36.3 Å². The summed E-state index contributed by atoms with van der Waals surface area (Å²) in [7, 11) is 0. The first-order valence-electron chi connectivity index (χ1n) is 7.34. The fraction of sp³-hybridized carbons (Fsp3) is 0.692. The normalized spacial score (nSPS) is 16.7. The molecule has 0 bridgehead atoms. The van der Waals surface area contributed by atoms with Gasteiger partial charge in [-0.3, -0.25) is 14.4 Å². The van der Waals surface area contributed by atoms with Crippen molar-refractivity contribution in [3.63, 3.8) is 0 Å². The fourth-order valence-electron chi connectivity index (χ4n) is 1.64. The number of hydrogen-bond donors (Lipinski definition) is 8. The maximum Gasteiger partial charge on any atom is 0.328 e. The summed E-state index contributed by atoms with van der Waals surface area (Å²) in [6, 6.07) is -4.00. The van der Waals surface area contributed by atoms with Crippen LogP contribution in [0.25, 0.3) is 0 Å². The maximum atomic E-state index is 12.1. The Kier molecular flexibility index (Phi) is 10.0. The van der Waals surface area contributed by atoms with E-state index in [-0.39, 0.29) is 5.75 Å². The quantitative estimate of drug-likeness (QED) is 0.177. The van der Waals surface area contributed by atoms with Gasteiger partial charge in [0.1, 0.15) is 6.04 Å². The molecule has 5 atom stereocenters. The molecular formula is C13H24N4O7S. The van der Waals surface area contributed by atoms with Gasteiger partial charge in [0.15, 0.2) is 6.04 Å². The summed E-state index contributed by atoms with van der Waals surface area (Å²) in [5, 5.41) is 34.3. The Morgan fingerprint density at radius 1 is 1.00 bits per heavy atom. The number of carboxylic acid groups (broad SMARTS) is 1. The molecule has 0 aromatic carbocycles. The van der Waals surface area contributed by atoms with Gasteiger partial charge in [0.2, 0.25) is 17.7 Å². The molecule has 0 radical (unpaired) electrons. The van der Waals surface area contributed by atoms with Gasteiger partial charge in [0.05, 0.1) is 24.8 Å². The number of carbonyl (C=O) groups excluding carboxylic acids is 3. The van der Waals surface area contributed by atoms with E-state index in [1.54, 1.807) is 0 Å². The molecule has 144 valence electrons. The van der Waals surface area contributed by atoms with E-state index in [1.165, 1.54) is 6.92 Å². The average molecular weight is 380 g/mol. The molecule has 3 amide bonds. The van der Waals surface area contributed by atoms with Crippen molar-refractivity contribution in [3.05, 3.63) is 0 Å². The van der Waals surface area contributed by atoms with Crippen LogP contribution in [0.4, 0.5) is 0 Å². The molecule has 0 spiro atoms. The molecule has 0 rings (SSSR count). The summed E-state index contributed by atoms with van der Waals surface area (Å²) in [4.78, 5) is 46.3. The first kappa shape index (κ1) is 23.1. The first-order valence-corrected chi connectivity index (χ1v) is 7.97. The van der Waals surface area contributed by atoms with Crippen LogP contribution >= 0.6 is 12.6 Å². The SMILES string of the molecule is CC(O)C(NC(=O)C(NC(=O)CNC(=O)C(N)CS)C(C)O)C(=O)O. The van der Waals surface area contributed by atoms with Gasteiger partial charge >= 0.3 is 5.97 Å². The molecular weight excluding hydrogens is 356 g/mol. The number of aliphatic carboxylic acids is 1. The minimum atomic E-state index is -1.61. The minimum absolute atomic E-state index is 0.0715. The highest BCUT2D eigenvalue weighted by Crippen LogP contribution is 1.98.